The first-order valence-electron chi connectivity index (χ1n) is 12.5. The van der Waals surface area contributed by atoms with Crippen LogP contribution in [0.25, 0.3) is 22.1 Å². The molecule has 0 bridgehead atoms. The van der Waals surface area contributed by atoms with Crippen molar-refractivity contribution < 1.29 is 23.4 Å². The summed E-state index contributed by atoms with van der Waals surface area (Å²) in [5.41, 5.74) is 1.67. The third kappa shape index (κ3) is 7.97. The van der Waals surface area contributed by atoms with Gasteiger partial charge < -0.3 is 18.6 Å². The first kappa shape index (κ1) is 27.0. The molecule has 2 aromatic heterocycles. The number of methoxy groups -OCH3 is 1. The fraction of sp³-hybridized carbons (Fsp3) is 0.414. The summed E-state index contributed by atoms with van der Waals surface area (Å²) in [6, 6.07) is 9.05. The van der Waals surface area contributed by atoms with Crippen molar-refractivity contribution in [2.24, 2.45) is 0 Å². The number of esters is 1. The highest BCUT2D eigenvalue weighted by Crippen LogP contribution is 2.27. The molecule has 3 aromatic rings. The van der Waals surface area contributed by atoms with Crippen LogP contribution in [0.4, 0.5) is 0 Å². The van der Waals surface area contributed by atoms with Crippen molar-refractivity contribution in [1.29, 1.82) is 0 Å². The van der Waals surface area contributed by atoms with E-state index in [1.54, 1.807) is 44.6 Å². The van der Waals surface area contributed by atoms with Gasteiger partial charge >= 0.3 is 11.6 Å². The molecule has 0 amide bonds. The van der Waals surface area contributed by atoms with E-state index in [2.05, 4.69) is 11.6 Å². The number of carbonyl (C=O) groups excluding carboxylic acids is 1. The quantitative estimate of drug-likeness (QED) is 0.136. The molecule has 2 heterocycles. The van der Waals surface area contributed by atoms with Crippen molar-refractivity contribution in [3.05, 3.63) is 65.3 Å². The standard InChI is InChI=1S/C29H35NO6/c1-21(2)28(31)35-17-11-9-7-5-4-6-8-10-16-34-26-20-30-19-23-18-25(29(32)36-27(23)26)22-12-14-24(33-3)15-13-22/h12-15,18-20H,1,4-11,16-17H2,2-3H3. The van der Waals surface area contributed by atoms with E-state index in [0.29, 0.717) is 41.1 Å². The lowest BCUT2D eigenvalue weighted by atomic mass is 10.1. The molecule has 1 aromatic carbocycles. The fourth-order valence-corrected chi connectivity index (χ4v) is 3.83. The number of benzene rings is 1. The lowest BCUT2D eigenvalue weighted by molar-refractivity contribution is -0.139. The van der Waals surface area contributed by atoms with Crippen molar-refractivity contribution in [3.63, 3.8) is 0 Å². The average Bonchev–Trinajstić information content (AvgIpc) is 2.89. The number of hydrogen-bond acceptors (Lipinski definition) is 7. The predicted octanol–water partition coefficient (Wildman–Crippen LogP) is 6.48. The number of carbonyl (C=O) groups is 1. The van der Waals surface area contributed by atoms with E-state index in [0.717, 1.165) is 49.8 Å². The Morgan fingerprint density at radius 1 is 0.944 bits per heavy atom. The normalized spacial score (nSPS) is 10.8. The Hall–Kier alpha value is -3.61. The van der Waals surface area contributed by atoms with Crippen molar-refractivity contribution in [1.82, 2.24) is 4.98 Å². The van der Waals surface area contributed by atoms with Gasteiger partial charge in [-0.15, -0.1) is 0 Å². The predicted molar refractivity (Wildman–Crippen MR) is 140 cm³/mol. The minimum Gasteiger partial charge on any atom is -0.497 e. The molecule has 3 rings (SSSR count). The van der Waals surface area contributed by atoms with E-state index in [-0.39, 0.29) is 5.97 Å². The van der Waals surface area contributed by atoms with E-state index in [1.165, 1.54) is 12.8 Å². The van der Waals surface area contributed by atoms with Gasteiger partial charge in [0.25, 0.3) is 0 Å². The van der Waals surface area contributed by atoms with Crippen LogP contribution >= 0.6 is 0 Å². The van der Waals surface area contributed by atoms with E-state index >= 15 is 0 Å². The Morgan fingerprint density at radius 3 is 2.22 bits per heavy atom. The summed E-state index contributed by atoms with van der Waals surface area (Å²) in [5, 5.41) is 0.715. The molecule has 0 spiro atoms. The number of ether oxygens (including phenoxy) is 3. The Kier molecular flexibility index (Phi) is 10.5. The van der Waals surface area contributed by atoms with E-state index in [9.17, 15) is 9.59 Å². The molecule has 0 unspecified atom stereocenters. The Bertz CT molecular complexity index is 1200. The van der Waals surface area contributed by atoms with Crippen LogP contribution in [0.2, 0.25) is 0 Å². The van der Waals surface area contributed by atoms with E-state index < -0.39 is 5.63 Å². The summed E-state index contributed by atoms with van der Waals surface area (Å²) in [4.78, 5) is 28.2. The molecule has 0 fully saturated rings. The largest absolute Gasteiger partial charge is 0.497 e. The number of nitrogens with zero attached hydrogens (tertiary/aromatic N) is 1. The molecular weight excluding hydrogens is 458 g/mol. The Balaban J connectivity index is 1.38. The molecule has 192 valence electrons. The third-order valence-electron chi connectivity index (χ3n) is 5.88. The van der Waals surface area contributed by atoms with Gasteiger partial charge in [0.1, 0.15) is 5.75 Å². The molecule has 0 aliphatic rings. The summed E-state index contributed by atoms with van der Waals surface area (Å²) in [7, 11) is 1.60. The summed E-state index contributed by atoms with van der Waals surface area (Å²) in [5.74, 6) is 0.898. The Labute approximate surface area is 212 Å². The van der Waals surface area contributed by atoms with Gasteiger partial charge in [-0.25, -0.2) is 9.59 Å². The number of aromatic nitrogens is 1. The minimum atomic E-state index is -0.419. The molecule has 0 saturated heterocycles. The fourth-order valence-electron chi connectivity index (χ4n) is 3.83. The van der Waals surface area contributed by atoms with Gasteiger partial charge in [0, 0.05) is 17.2 Å². The van der Waals surface area contributed by atoms with Gasteiger partial charge in [0.05, 0.1) is 32.1 Å². The molecule has 7 heteroatoms. The Morgan fingerprint density at radius 2 is 1.58 bits per heavy atom. The van der Waals surface area contributed by atoms with Gasteiger partial charge in [-0.05, 0) is 43.5 Å². The molecule has 7 nitrogen and oxygen atoms in total. The van der Waals surface area contributed by atoms with Gasteiger partial charge in [-0.2, -0.15) is 0 Å². The monoisotopic (exact) mass is 493 g/mol. The summed E-state index contributed by atoms with van der Waals surface area (Å²) in [6.07, 6.45) is 11.8. The molecule has 36 heavy (non-hydrogen) atoms. The molecular formula is C29H35NO6. The topological polar surface area (TPSA) is 87.9 Å². The maximum Gasteiger partial charge on any atom is 0.344 e. The molecule has 0 aliphatic carbocycles. The first-order chi connectivity index (χ1) is 17.5. The van der Waals surface area contributed by atoms with Crippen LogP contribution in [-0.4, -0.2) is 31.3 Å². The van der Waals surface area contributed by atoms with Crippen molar-refractivity contribution in [3.8, 4) is 22.6 Å². The third-order valence-corrected chi connectivity index (χ3v) is 5.88. The average molecular weight is 494 g/mol. The summed E-state index contributed by atoms with van der Waals surface area (Å²) >= 11 is 0. The van der Waals surface area contributed by atoms with Crippen molar-refractivity contribution in [2.75, 3.05) is 20.3 Å². The number of rotatable bonds is 15. The van der Waals surface area contributed by atoms with Gasteiger partial charge in [0.15, 0.2) is 11.3 Å². The second kappa shape index (κ2) is 14.1. The van der Waals surface area contributed by atoms with Crippen molar-refractivity contribution >= 4 is 16.9 Å². The second-order valence-corrected chi connectivity index (χ2v) is 8.83. The number of fused-ring (bicyclic) bond motifs is 1. The molecule has 0 aliphatic heterocycles. The zero-order valence-electron chi connectivity index (χ0n) is 21.2. The number of unbranched alkanes of at least 4 members (excludes halogenated alkanes) is 7. The van der Waals surface area contributed by atoms with Crippen LogP contribution < -0.4 is 15.1 Å². The van der Waals surface area contributed by atoms with Gasteiger partial charge in [0.2, 0.25) is 0 Å². The maximum absolute atomic E-state index is 12.7. The summed E-state index contributed by atoms with van der Waals surface area (Å²) < 4.78 is 21.8. The minimum absolute atomic E-state index is 0.308. The highest BCUT2D eigenvalue weighted by Gasteiger charge is 2.12. The zero-order valence-corrected chi connectivity index (χ0v) is 21.2. The molecule has 0 N–H and O–H groups in total. The van der Waals surface area contributed by atoms with Crippen molar-refractivity contribution in [2.45, 2.75) is 58.3 Å². The zero-order chi connectivity index (χ0) is 25.8. The molecule has 0 radical (unpaired) electrons. The van der Waals surface area contributed by atoms with E-state index in [4.69, 9.17) is 18.6 Å². The smallest absolute Gasteiger partial charge is 0.344 e. The van der Waals surface area contributed by atoms with E-state index in [1.807, 2.05) is 12.1 Å². The van der Waals surface area contributed by atoms with Crippen LogP contribution in [0.3, 0.4) is 0 Å². The van der Waals surface area contributed by atoms with Gasteiger partial charge in [-0.3, -0.25) is 4.98 Å². The summed E-state index contributed by atoms with van der Waals surface area (Å²) in [6.45, 7) is 6.23. The highest BCUT2D eigenvalue weighted by molar-refractivity contribution is 5.87. The maximum atomic E-state index is 12.7. The SMILES string of the molecule is C=C(C)C(=O)OCCCCCCCCCCOc1cncc2cc(-c3ccc(OC)cc3)c(=O)oc12. The van der Waals surface area contributed by atoms with Crippen LogP contribution in [0.5, 0.6) is 11.5 Å². The molecule has 0 atom stereocenters. The second-order valence-electron chi connectivity index (χ2n) is 8.83. The number of pyridine rings is 1. The highest BCUT2D eigenvalue weighted by atomic mass is 16.5. The van der Waals surface area contributed by atoms with Crippen LogP contribution in [-0.2, 0) is 9.53 Å². The lowest BCUT2D eigenvalue weighted by Gasteiger charge is -2.09. The van der Waals surface area contributed by atoms with Crippen LogP contribution in [0, 0.1) is 0 Å². The van der Waals surface area contributed by atoms with Crippen LogP contribution in [0.1, 0.15) is 58.3 Å². The van der Waals surface area contributed by atoms with Crippen LogP contribution in [0.15, 0.2) is 64.1 Å². The lowest BCUT2D eigenvalue weighted by Crippen LogP contribution is -2.06. The molecule has 0 saturated carbocycles. The number of hydrogen-bond donors (Lipinski definition) is 0. The van der Waals surface area contributed by atoms with Gasteiger partial charge in [-0.1, -0.05) is 57.2 Å². The first-order valence-corrected chi connectivity index (χ1v) is 12.5.